The van der Waals surface area contributed by atoms with Gasteiger partial charge in [-0.25, -0.2) is 0 Å². The number of anilines is 1. The Balaban J connectivity index is 2.59. The number of carbonyl (C=O) groups excluding carboxylic acids is 1. The highest BCUT2D eigenvalue weighted by molar-refractivity contribution is 5.93. The summed E-state index contributed by atoms with van der Waals surface area (Å²) in [5, 5.41) is 18.6. The van der Waals surface area contributed by atoms with Gasteiger partial charge in [0, 0.05) is 6.20 Å². The zero-order chi connectivity index (χ0) is 11.1. The summed E-state index contributed by atoms with van der Waals surface area (Å²) < 4.78 is 0. The summed E-state index contributed by atoms with van der Waals surface area (Å²) in [6, 6.07) is 5.26. The van der Waals surface area contributed by atoms with E-state index < -0.39 is 5.92 Å². The van der Waals surface area contributed by atoms with Gasteiger partial charge in [-0.2, -0.15) is 10.4 Å². The van der Waals surface area contributed by atoms with E-state index in [-0.39, 0.29) is 5.91 Å². The van der Waals surface area contributed by atoms with Gasteiger partial charge in [0.2, 0.25) is 5.91 Å². The van der Waals surface area contributed by atoms with E-state index in [1.807, 2.05) is 13.0 Å². The van der Waals surface area contributed by atoms with Crippen molar-refractivity contribution in [3.63, 3.8) is 0 Å². The van der Waals surface area contributed by atoms with Crippen LogP contribution in [0, 0.1) is 17.2 Å². The molecule has 78 valence electrons. The van der Waals surface area contributed by atoms with Crippen LogP contribution in [-0.4, -0.2) is 16.1 Å². The Morgan fingerprint density at radius 1 is 1.73 bits per heavy atom. The topological polar surface area (TPSA) is 78.7 Å². The fraction of sp³-hybridized carbons (Fsp3) is 0.400. The first-order valence-corrected chi connectivity index (χ1v) is 4.76. The highest BCUT2D eigenvalue weighted by Crippen LogP contribution is 2.08. The molecule has 1 aromatic heterocycles. The molecule has 1 N–H and O–H groups in total. The third-order valence-corrected chi connectivity index (χ3v) is 1.87. The van der Waals surface area contributed by atoms with Crippen LogP contribution in [0.15, 0.2) is 18.3 Å². The number of carbonyl (C=O) groups is 1. The molecule has 0 aliphatic heterocycles. The maximum absolute atomic E-state index is 11.5. The quantitative estimate of drug-likeness (QED) is 0.803. The van der Waals surface area contributed by atoms with Gasteiger partial charge >= 0.3 is 0 Å². The number of hydrogen-bond acceptors (Lipinski definition) is 4. The van der Waals surface area contributed by atoms with Crippen molar-refractivity contribution in [1.29, 1.82) is 5.26 Å². The van der Waals surface area contributed by atoms with Gasteiger partial charge < -0.3 is 5.32 Å². The molecule has 1 rings (SSSR count). The van der Waals surface area contributed by atoms with E-state index in [0.717, 1.165) is 6.42 Å². The molecule has 1 atom stereocenters. The fourth-order valence-corrected chi connectivity index (χ4v) is 1.12. The van der Waals surface area contributed by atoms with Gasteiger partial charge in [-0.05, 0) is 18.6 Å². The minimum atomic E-state index is -0.614. The molecule has 0 aliphatic rings. The molecular weight excluding hydrogens is 192 g/mol. The molecule has 1 unspecified atom stereocenters. The van der Waals surface area contributed by atoms with Crippen molar-refractivity contribution in [2.24, 2.45) is 5.92 Å². The molecule has 1 heterocycles. The molecule has 0 bridgehead atoms. The van der Waals surface area contributed by atoms with E-state index in [0.29, 0.717) is 12.2 Å². The van der Waals surface area contributed by atoms with E-state index in [2.05, 4.69) is 15.5 Å². The van der Waals surface area contributed by atoms with E-state index in [4.69, 9.17) is 5.26 Å². The molecule has 5 heteroatoms. The maximum Gasteiger partial charge on any atom is 0.242 e. The molecule has 0 fully saturated rings. The minimum Gasteiger partial charge on any atom is -0.308 e. The second kappa shape index (κ2) is 5.70. The van der Waals surface area contributed by atoms with Crippen LogP contribution in [0.5, 0.6) is 0 Å². The molecule has 1 aromatic rings. The average molecular weight is 204 g/mol. The lowest BCUT2D eigenvalue weighted by atomic mass is 10.1. The van der Waals surface area contributed by atoms with Crippen LogP contribution < -0.4 is 5.32 Å². The number of nitrogens with zero attached hydrogens (tertiary/aromatic N) is 3. The number of nitriles is 1. The summed E-state index contributed by atoms with van der Waals surface area (Å²) >= 11 is 0. The lowest BCUT2D eigenvalue weighted by molar-refractivity contribution is -0.118. The first-order valence-electron chi connectivity index (χ1n) is 4.76. The second-order valence-corrected chi connectivity index (χ2v) is 3.07. The summed E-state index contributed by atoms with van der Waals surface area (Å²) in [6.07, 6.45) is 2.87. The molecule has 0 aromatic carbocycles. The van der Waals surface area contributed by atoms with Crippen LogP contribution in [0.3, 0.4) is 0 Å². The van der Waals surface area contributed by atoms with Crippen molar-refractivity contribution in [3.8, 4) is 6.07 Å². The highest BCUT2D eigenvalue weighted by atomic mass is 16.1. The second-order valence-electron chi connectivity index (χ2n) is 3.07. The SMILES string of the molecule is CCCC(C#N)C(=O)Nc1cccnn1. The van der Waals surface area contributed by atoms with Crippen LogP contribution in [0.25, 0.3) is 0 Å². The van der Waals surface area contributed by atoms with Crippen molar-refractivity contribution in [3.05, 3.63) is 18.3 Å². The first kappa shape index (κ1) is 11.1. The number of hydrogen-bond donors (Lipinski definition) is 1. The van der Waals surface area contributed by atoms with Gasteiger partial charge in [-0.15, -0.1) is 5.10 Å². The van der Waals surface area contributed by atoms with Crippen LogP contribution in [-0.2, 0) is 4.79 Å². The molecule has 0 saturated heterocycles. The lowest BCUT2D eigenvalue weighted by Crippen LogP contribution is -2.22. The van der Waals surface area contributed by atoms with Gasteiger partial charge in [0.15, 0.2) is 5.82 Å². The molecular formula is C10H12N4O. The Morgan fingerprint density at radius 3 is 3.07 bits per heavy atom. The summed E-state index contributed by atoms with van der Waals surface area (Å²) in [6.45, 7) is 1.93. The maximum atomic E-state index is 11.5. The van der Waals surface area contributed by atoms with Gasteiger partial charge in [-0.3, -0.25) is 4.79 Å². The predicted octanol–water partition coefficient (Wildman–Crippen LogP) is 1.35. The summed E-state index contributed by atoms with van der Waals surface area (Å²) in [5.74, 6) is -0.560. The summed E-state index contributed by atoms with van der Waals surface area (Å²) in [7, 11) is 0. The van der Waals surface area contributed by atoms with Crippen LogP contribution >= 0.6 is 0 Å². The van der Waals surface area contributed by atoms with Gasteiger partial charge in [-0.1, -0.05) is 13.3 Å². The molecule has 0 aliphatic carbocycles. The number of amides is 1. The normalized spacial score (nSPS) is 11.5. The van der Waals surface area contributed by atoms with E-state index in [1.165, 1.54) is 6.20 Å². The van der Waals surface area contributed by atoms with E-state index in [1.54, 1.807) is 12.1 Å². The highest BCUT2D eigenvalue weighted by Gasteiger charge is 2.16. The molecule has 0 spiro atoms. The molecule has 0 saturated carbocycles. The number of rotatable bonds is 4. The van der Waals surface area contributed by atoms with Crippen molar-refractivity contribution >= 4 is 11.7 Å². The standard InChI is InChI=1S/C10H12N4O/c1-2-4-8(7-11)10(15)13-9-5-3-6-12-14-9/h3,5-6,8H,2,4H2,1H3,(H,13,14,15). The number of aromatic nitrogens is 2. The smallest absolute Gasteiger partial charge is 0.242 e. The minimum absolute atomic E-state index is 0.320. The molecule has 1 amide bonds. The average Bonchev–Trinajstić information content (AvgIpc) is 2.27. The van der Waals surface area contributed by atoms with E-state index in [9.17, 15) is 4.79 Å². The third kappa shape index (κ3) is 3.35. The first-order chi connectivity index (χ1) is 7.27. The Bertz CT molecular complexity index is 357. The predicted molar refractivity (Wildman–Crippen MR) is 54.7 cm³/mol. The van der Waals surface area contributed by atoms with Crippen molar-refractivity contribution < 1.29 is 4.79 Å². The third-order valence-electron chi connectivity index (χ3n) is 1.87. The van der Waals surface area contributed by atoms with Crippen LogP contribution in [0.4, 0.5) is 5.82 Å². The molecule has 0 radical (unpaired) electrons. The van der Waals surface area contributed by atoms with Crippen molar-refractivity contribution in [2.45, 2.75) is 19.8 Å². The zero-order valence-electron chi connectivity index (χ0n) is 8.47. The van der Waals surface area contributed by atoms with Crippen LogP contribution in [0.2, 0.25) is 0 Å². The summed E-state index contributed by atoms with van der Waals surface area (Å²) in [4.78, 5) is 11.5. The summed E-state index contributed by atoms with van der Waals surface area (Å²) in [5.41, 5.74) is 0. The Hall–Kier alpha value is -1.96. The van der Waals surface area contributed by atoms with Crippen LogP contribution in [0.1, 0.15) is 19.8 Å². The van der Waals surface area contributed by atoms with Gasteiger partial charge in [0.05, 0.1) is 6.07 Å². The molecule has 5 nitrogen and oxygen atoms in total. The van der Waals surface area contributed by atoms with Crippen molar-refractivity contribution in [1.82, 2.24) is 10.2 Å². The Labute approximate surface area is 88.1 Å². The van der Waals surface area contributed by atoms with E-state index >= 15 is 0 Å². The lowest BCUT2D eigenvalue weighted by Gasteiger charge is -2.07. The van der Waals surface area contributed by atoms with Crippen molar-refractivity contribution in [2.75, 3.05) is 5.32 Å². The zero-order valence-corrected chi connectivity index (χ0v) is 8.47. The largest absolute Gasteiger partial charge is 0.308 e. The fourth-order valence-electron chi connectivity index (χ4n) is 1.12. The molecule has 15 heavy (non-hydrogen) atoms. The number of nitrogens with one attached hydrogen (secondary N) is 1. The Kier molecular flexibility index (Phi) is 4.23. The Morgan fingerprint density at radius 2 is 2.53 bits per heavy atom. The van der Waals surface area contributed by atoms with Gasteiger partial charge in [0.25, 0.3) is 0 Å². The van der Waals surface area contributed by atoms with Gasteiger partial charge in [0.1, 0.15) is 5.92 Å². The monoisotopic (exact) mass is 204 g/mol.